The Balaban J connectivity index is 1.29. The van der Waals surface area contributed by atoms with Crippen molar-refractivity contribution in [3.8, 4) is 0 Å². The summed E-state index contributed by atoms with van der Waals surface area (Å²) in [6, 6.07) is 14.2. The molecule has 0 bridgehead atoms. The van der Waals surface area contributed by atoms with Crippen molar-refractivity contribution in [1.82, 2.24) is 10.2 Å². The Hall–Kier alpha value is -4.14. The second kappa shape index (κ2) is 11.5. The van der Waals surface area contributed by atoms with E-state index in [2.05, 4.69) is 10.6 Å². The van der Waals surface area contributed by atoms with Crippen LogP contribution in [0.15, 0.2) is 60.7 Å². The van der Waals surface area contributed by atoms with Gasteiger partial charge in [-0.3, -0.25) is 14.4 Å². The zero-order chi connectivity index (χ0) is 27.4. The number of hydrogen-bond donors (Lipinski definition) is 2. The van der Waals surface area contributed by atoms with Crippen LogP contribution >= 0.6 is 0 Å². The monoisotopic (exact) mass is 523 g/mol. The maximum absolute atomic E-state index is 14.1. The summed E-state index contributed by atoms with van der Waals surface area (Å²) in [4.78, 5) is 39.3. The van der Waals surface area contributed by atoms with E-state index in [1.807, 2.05) is 12.1 Å². The molecule has 0 saturated carbocycles. The van der Waals surface area contributed by atoms with E-state index >= 15 is 0 Å². The zero-order valence-corrected chi connectivity index (χ0v) is 21.1. The van der Waals surface area contributed by atoms with Crippen LogP contribution < -0.4 is 10.6 Å². The van der Waals surface area contributed by atoms with E-state index in [1.54, 1.807) is 24.0 Å². The number of halogens is 3. The number of hydrogen-bond acceptors (Lipinski definition) is 3. The third-order valence-corrected chi connectivity index (χ3v) is 6.79. The highest BCUT2D eigenvalue weighted by atomic mass is 19.2. The fourth-order valence-electron chi connectivity index (χ4n) is 4.51. The second-order valence-electron chi connectivity index (χ2n) is 9.44. The minimum atomic E-state index is -1.18. The molecule has 0 aliphatic carbocycles. The van der Waals surface area contributed by atoms with Gasteiger partial charge in [0.05, 0.1) is 5.56 Å². The van der Waals surface area contributed by atoms with Crippen molar-refractivity contribution in [2.75, 3.05) is 18.4 Å². The largest absolute Gasteiger partial charge is 0.341 e. The van der Waals surface area contributed by atoms with Crippen LogP contribution in [0.1, 0.15) is 57.5 Å². The first-order chi connectivity index (χ1) is 18.1. The summed E-state index contributed by atoms with van der Waals surface area (Å²) >= 11 is 0. The van der Waals surface area contributed by atoms with E-state index in [4.69, 9.17) is 0 Å². The molecule has 198 valence electrons. The average molecular weight is 524 g/mol. The number of benzene rings is 3. The Labute approximate surface area is 218 Å². The van der Waals surface area contributed by atoms with Gasteiger partial charge in [-0.25, -0.2) is 13.2 Å². The molecule has 9 heteroatoms. The number of piperidine rings is 1. The predicted molar refractivity (Wildman–Crippen MR) is 137 cm³/mol. The van der Waals surface area contributed by atoms with Gasteiger partial charge >= 0.3 is 0 Å². The quantitative estimate of drug-likeness (QED) is 0.467. The van der Waals surface area contributed by atoms with Crippen LogP contribution in [0, 0.1) is 24.4 Å². The Kier molecular flexibility index (Phi) is 8.14. The number of carbonyl (C=O) groups excluding carboxylic acids is 3. The Morgan fingerprint density at radius 1 is 0.842 bits per heavy atom. The maximum Gasteiger partial charge on any atom is 0.258 e. The van der Waals surface area contributed by atoms with Crippen molar-refractivity contribution in [2.45, 2.75) is 38.6 Å². The fraction of sp³-hybridized carbons (Fsp3) is 0.276. The van der Waals surface area contributed by atoms with Gasteiger partial charge in [0, 0.05) is 24.3 Å². The van der Waals surface area contributed by atoms with Crippen LogP contribution in [0.2, 0.25) is 0 Å². The molecule has 4 rings (SSSR count). The molecule has 3 aromatic rings. The molecule has 1 saturated heterocycles. The molecule has 2 N–H and O–H groups in total. The third kappa shape index (κ3) is 6.04. The van der Waals surface area contributed by atoms with Gasteiger partial charge in [0.1, 0.15) is 11.9 Å². The van der Waals surface area contributed by atoms with E-state index in [-0.39, 0.29) is 28.5 Å². The lowest BCUT2D eigenvalue weighted by molar-refractivity contribution is -0.133. The van der Waals surface area contributed by atoms with Gasteiger partial charge in [0.25, 0.3) is 11.8 Å². The molecular formula is C29H28F3N3O3. The molecule has 1 aliphatic heterocycles. The normalized spacial score (nSPS) is 14.6. The van der Waals surface area contributed by atoms with Gasteiger partial charge in [0.2, 0.25) is 5.91 Å². The SMILES string of the molecule is Cc1ccc(C(=O)Nc2ccc(C3CCN(C(=O)C(C)NC(=O)c4ccc(F)cc4)CC3)cc2)c(F)c1F. The molecule has 0 spiro atoms. The number of nitrogens with one attached hydrogen (secondary N) is 2. The first-order valence-electron chi connectivity index (χ1n) is 12.3. The summed E-state index contributed by atoms with van der Waals surface area (Å²) in [5.74, 6) is -3.81. The number of amides is 3. The number of anilines is 1. The van der Waals surface area contributed by atoms with Crippen LogP contribution in [-0.2, 0) is 4.79 Å². The van der Waals surface area contributed by atoms with Crippen molar-refractivity contribution >= 4 is 23.4 Å². The summed E-state index contributed by atoms with van der Waals surface area (Å²) in [6.45, 7) is 4.10. The standard InChI is InChI=1S/C29H28F3N3O3/c1-17-3-12-24(26(32)25(17)31)28(37)34-23-10-6-19(7-11-23)20-13-15-35(16-14-20)29(38)18(2)33-27(36)21-4-8-22(30)9-5-21/h3-12,18,20H,13-16H2,1-2H3,(H,33,36)(H,34,37). The minimum Gasteiger partial charge on any atom is -0.341 e. The lowest BCUT2D eigenvalue weighted by Gasteiger charge is -2.34. The van der Waals surface area contributed by atoms with E-state index in [1.165, 1.54) is 43.3 Å². The van der Waals surface area contributed by atoms with Gasteiger partial charge in [-0.15, -0.1) is 0 Å². The fourth-order valence-corrected chi connectivity index (χ4v) is 4.51. The summed E-state index contributed by atoms with van der Waals surface area (Å²) in [6.07, 6.45) is 1.45. The molecule has 1 unspecified atom stereocenters. The van der Waals surface area contributed by atoms with Crippen LogP contribution in [0.5, 0.6) is 0 Å². The predicted octanol–water partition coefficient (Wildman–Crippen LogP) is 5.19. The first kappa shape index (κ1) is 26.9. The molecule has 1 aliphatic rings. The van der Waals surface area contributed by atoms with Crippen molar-refractivity contribution < 1.29 is 27.6 Å². The summed E-state index contributed by atoms with van der Waals surface area (Å²) in [7, 11) is 0. The number of rotatable bonds is 6. The van der Waals surface area contributed by atoms with Crippen LogP contribution in [0.3, 0.4) is 0 Å². The lowest BCUT2D eigenvalue weighted by Crippen LogP contribution is -2.49. The van der Waals surface area contributed by atoms with E-state index in [0.717, 1.165) is 18.4 Å². The van der Waals surface area contributed by atoms with Crippen molar-refractivity contribution in [3.05, 3.63) is 100 Å². The zero-order valence-electron chi connectivity index (χ0n) is 21.1. The molecule has 3 aromatic carbocycles. The molecule has 1 heterocycles. The van der Waals surface area contributed by atoms with E-state index < -0.39 is 35.3 Å². The molecule has 1 fully saturated rings. The molecule has 3 amide bonds. The van der Waals surface area contributed by atoms with Crippen molar-refractivity contribution in [2.24, 2.45) is 0 Å². The summed E-state index contributed by atoms with van der Waals surface area (Å²) < 4.78 is 41.0. The molecular weight excluding hydrogens is 495 g/mol. The van der Waals surface area contributed by atoms with Gasteiger partial charge < -0.3 is 15.5 Å². The van der Waals surface area contributed by atoms with Gasteiger partial charge in [-0.1, -0.05) is 18.2 Å². The minimum absolute atomic E-state index is 0.125. The summed E-state index contributed by atoms with van der Waals surface area (Å²) in [5.41, 5.74) is 1.54. The highest BCUT2D eigenvalue weighted by molar-refractivity contribution is 6.04. The Bertz CT molecular complexity index is 1340. The number of aryl methyl sites for hydroxylation is 1. The van der Waals surface area contributed by atoms with E-state index in [0.29, 0.717) is 18.8 Å². The average Bonchev–Trinajstić information content (AvgIpc) is 2.92. The lowest BCUT2D eigenvalue weighted by atomic mass is 9.89. The van der Waals surface area contributed by atoms with Crippen LogP contribution in [0.4, 0.5) is 18.9 Å². The van der Waals surface area contributed by atoms with Crippen molar-refractivity contribution in [3.63, 3.8) is 0 Å². The second-order valence-corrected chi connectivity index (χ2v) is 9.44. The summed E-state index contributed by atoms with van der Waals surface area (Å²) in [5, 5.41) is 5.26. The number of nitrogens with zero attached hydrogens (tertiary/aromatic N) is 1. The molecule has 0 radical (unpaired) electrons. The van der Waals surface area contributed by atoms with Gasteiger partial charge in [0.15, 0.2) is 11.6 Å². The molecule has 38 heavy (non-hydrogen) atoms. The van der Waals surface area contributed by atoms with E-state index in [9.17, 15) is 27.6 Å². The van der Waals surface area contributed by atoms with Crippen LogP contribution in [0.25, 0.3) is 0 Å². The molecule has 6 nitrogen and oxygen atoms in total. The topological polar surface area (TPSA) is 78.5 Å². The first-order valence-corrected chi connectivity index (χ1v) is 12.3. The Morgan fingerprint density at radius 2 is 1.47 bits per heavy atom. The molecule has 1 atom stereocenters. The smallest absolute Gasteiger partial charge is 0.258 e. The number of carbonyl (C=O) groups is 3. The van der Waals surface area contributed by atoms with Crippen LogP contribution in [-0.4, -0.2) is 41.8 Å². The maximum atomic E-state index is 14.1. The highest BCUT2D eigenvalue weighted by Crippen LogP contribution is 2.29. The van der Waals surface area contributed by atoms with Gasteiger partial charge in [-0.05, 0) is 86.2 Å². The van der Waals surface area contributed by atoms with Gasteiger partial charge in [-0.2, -0.15) is 0 Å². The number of likely N-dealkylation sites (tertiary alicyclic amines) is 1. The highest BCUT2D eigenvalue weighted by Gasteiger charge is 2.28. The van der Waals surface area contributed by atoms with Crippen molar-refractivity contribution in [1.29, 1.82) is 0 Å². The molecule has 0 aromatic heterocycles. The Morgan fingerprint density at radius 3 is 2.11 bits per heavy atom. The third-order valence-electron chi connectivity index (χ3n) is 6.79.